The molecule has 3 aromatic rings. The highest BCUT2D eigenvalue weighted by atomic mass is 16.5. The van der Waals surface area contributed by atoms with Crippen LogP contribution < -0.4 is 15.4 Å². The zero-order chi connectivity index (χ0) is 20.6. The summed E-state index contributed by atoms with van der Waals surface area (Å²) in [6.07, 6.45) is 0. The lowest BCUT2D eigenvalue weighted by Gasteiger charge is -2.11. The SMILES string of the molecule is CCNC(=O)c1ccc(CNC(=O)c2ccccc2OCc2noc(C)n2)cc1. The Bertz CT molecular complexity index is 982. The highest BCUT2D eigenvalue weighted by molar-refractivity contribution is 5.97. The van der Waals surface area contributed by atoms with Crippen LogP contribution in [0.15, 0.2) is 53.1 Å². The van der Waals surface area contributed by atoms with E-state index in [0.29, 0.717) is 41.7 Å². The Morgan fingerprint density at radius 1 is 1.03 bits per heavy atom. The largest absolute Gasteiger partial charge is 0.485 e. The van der Waals surface area contributed by atoms with Crippen LogP contribution in [-0.2, 0) is 13.2 Å². The van der Waals surface area contributed by atoms with E-state index in [2.05, 4.69) is 20.8 Å². The van der Waals surface area contributed by atoms with Crippen LogP contribution >= 0.6 is 0 Å². The maximum absolute atomic E-state index is 12.6. The van der Waals surface area contributed by atoms with Crippen LogP contribution in [0.5, 0.6) is 5.75 Å². The molecule has 8 nitrogen and oxygen atoms in total. The maximum Gasteiger partial charge on any atom is 0.255 e. The summed E-state index contributed by atoms with van der Waals surface area (Å²) < 4.78 is 10.6. The number of aryl methyl sites for hydroxylation is 1. The van der Waals surface area contributed by atoms with E-state index in [4.69, 9.17) is 9.26 Å². The normalized spacial score (nSPS) is 10.4. The minimum Gasteiger partial charge on any atom is -0.485 e. The summed E-state index contributed by atoms with van der Waals surface area (Å²) in [5, 5.41) is 9.38. The number of benzene rings is 2. The molecule has 29 heavy (non-hydrogen) atoms. The molecule has 8 heteroatoms. The Kier molecular flexibility index (Phi) is 6.57. The fourth-order valence-corrected chi connectivity index (χ4v) is 2.64. The van der Waals surface area contributed by atoms with Crippen LogP contribution in [0.3, 0.4) is 0 Å². The second kappa shape index (κ2) is 9.50. The summed E-state index contributed by atoms with van der Waals surface area (Å²) in [7, 11) is 0. The van der Waals surface area contributed by atoms with Crippen molar-refractivity contribution < 1.29 is 18.8 Å². The number of ether oxygens (including phenoxy) is 1. The van der Waals surface area contributed by atoms with Crippen molar-refractivity contribution in [2.45, 2.75) is 27.0 Å². The molecule has 0 spiro atoms. The van der Waals surface area contributed by atoms with Gasteiger partial charge in [0.15, 0.2) is 6.61 Å². The summed E-state index contributed by atoms with van der Waals surface area (Å²) in [6, 6.07) is 14.0. The summed E-state index contributed by atoms with van der Waals surface area (Å²) >= 11 is 0. The Morgan fingerprint density at radius 2 is 1.79 bits per heavy atom. The summed E-state index contributed by atoms with van der Waals surface area (Å²) in [5.74, 6) is 0.903. The summed E-state index contributed by atoms with van der Waals surface area (Å²) in [4.78, 5) is 28.5. The fraction of sp³-hybridized carbons (Fsp3) is 0.238. The lowest BCUT2D eigenvalue weighted by molar-refractivity contribution is 0.0940. The molecule has 0 unspecified atom stereocenters. The molecule has 0 bridgehead atoms. The minimum absolute atomic E-state index is 0.100. The Labute approximate surface area is 168 Å². The smallest absolute Gasteiger partial charge is 0.255 e. The van der Waals surface area contributed by atoms with Gasteiger partial charge in [-0.05, 0) is 36.8 Å². The number of amides is 2. The van der Waals surface area contributed by atoms with Crippen molar-refractivity contribution in [3.63, 3.8) is 0 Å². The maximum atomic E-state index is 12.6. The van der Waals surface area contributed by atoms with Crippen LogP contribution in [0.4, 0.5) is 0 Å². The minimum atomic E-state index is -0.266. The number of rotatable bonds is 8. The van der Waals surface area contributed by atoms with Gasteiger partial charge in [-0.25, -0.2) is 0 Å². The molecule has 0 aliphatic carbocycles. The number of hydrogen-bond acceptors (Lipinski definition) is 6. The van der Waals surface area contributed by atoms with Gasteiger partial charge in [0.25, 0.3) is 11.8 Å². The zero-order valence-electron chi connectivity index (χ0n) is 16.3. The molecule has 150 valence electrons. The third kappa shape index (κ3) is 5.41. The molecule has 0 aliphatic rings. The number of carbonyl (C=O) groups is 2. The van der Waals surface area contributed by atoms with Crippen molar-refractivity contribution in [3.05, 3.63) is 76.9 Å². The number of nitrogens with zero attached hydrogens (tertiary/aromatic N) is 2. The molecule has 3 rings (SSSR count). The molecule has 0 fully saturated rings. The fourth-order valence-electron chi connectivity index (χ4n) is 2.64. The topological polar surface area (TPSA) is 106 Å². The van der Waals surface area contributed by atoms with Gasteiger partial charge in [0, 0.05) is 25.6 Å². The lowest BCUT2D eigenvalue weighted by atomic mass is 10.1. The third-order valence-electron chi connectivity index (χ3n) is 4.06. The number of aromatic nitrogens is 2. The molecule has 0 aliphatic heterocycles. The van der Waals surface area contributed by atoms with Gasteiger partial charge >= 0.3 is 0 Å². The number of nitrogens with one attached hydrogen (secondary N) is 2. The van der Waals surface area contributed by atoms with Crippen molar-refractivity contribution in [1.82, 2.24) is 20.8 Å². The van der Waals surface area contributed by atoms with E-state index >= 15 is 0 Å². The van der Waals surface area contributed by atoms with E-state index in [0.717, 1.165) is 5.56 Å². The van der Waals surface area contributed by atoms with Gasteiger partial charge in [-0.15, -0.1) is 0 Å². The van der Waals surface area contributed by atoms with E-state index in [1.807, 2.05) is 19.1 Å². The van der Waals surface area contributed by atoms with Crippen LogP contribution in [0.2, 0.25) is 0 Å². The van der Waals surface area contributed by atoms with Gasteiger partial charge in [0.05, 0.1) is 5.56 Å². The first kappa shape index (κ1) is 20.1. The first-order valence-corrected chi connectivity index (χ1v) is 9.23. The van der Waals surface area contributed by atoms with Crippen molar-refractivity contribution in [2.24, 2.45) is 0 Å². The van der Waals surface area contributed by atoms with Gasteiger partial charge in [0.2, 0.25) is 11.7 Å². The van der Waals surface area contributed by atoms with Gasteiger partial charge in [-0.3, -0.25) is 9.59 Å². The van der Waals surface area contributed by atoms with Crippen molar-refractivity contribution in [2.75, 3.05) is 6.54 Å². The van der Waals surface area contributed by atoms with Gasteiger partial charge < -0.3 is 19.9 Å². The monoisotopic (exact) mass is 394 g/mol. The molecule has 2 N–H and O–H groups in total. The average Bonchev–Trinajstić information content (AvgIpc) is 3.16. The number of hydrogen-bond donors (Lipinski definition) is 2. The first-order chi connectivity index (χ1) is 14.1. The first-order valence-electron chi connectivity index (χ1n) is 9.23. The third-order valence-corrected chi connectivity index (χ3v) is 4.06. The highest BCUT2D eigenvalue weighted by Crippen LogP contribution is 2.19. The van der Waals surface area contributed by atoms with Crippen molar-refractivity contribution >= 4 is 11.8 Å². The molecule has 0 saturated carbocycles. The Morgan fingerprint density at radius 3 is 2.48 bits per heavy atom. The second-order valence-corrected chi connectivity index (χ2v) is 6.25. The van der Waals surface area contributed by atoms with Crippen LogP contribution in [0.1, 0.15) is 44.9 Å². The van der Waals surface area contributed by atoms with E-state index in [9.17, 15) is 9.59 Å². The average molecular weight is 394 g/mol. The quantitative estimate of drug-likeness (QED) is 0.608. The predicted molar refractivity (Wildman–Crippen MR) is 105 cm³/mol. The number of carbonyl (C=O) groups excluding carboxylic acids is 2. The van der Waals surface area contributed by atoms with Crippen molar-refractivity contribution in [3.8, 4) is 5.75 Å². The standard InChI is InChI=1S/C21H22N4O4/c1-3-22-20(26)16-10-8-15(9-11-16)12-23-21(27)17-6-4-5-7-18(17)28-13-19-24-14(2)29-25-19/h4-11H,3,12-13H2,1-2H3,(H,22,26)(H,23,27). The van der Waals surface area contributed by atoms with Gasteiger partial charge in [-0.1, -0.05) is 29.4 Å². The molecule has 0 atom stereocenters. The molecule has 0 saturated heterocycles. The van der Waals surface area contributed by atoms with Gasteiger partial charge in [0.1, 0.15) is 5.75 Å². The van der Waals surface area contributed by atoms with E-state index in [1.165, 1.54) is 0 Å². The molecular formula is C21H22N4O4. The van der Waals surface area contributed by atoms with Crippen LogP contribution in [-0.4, -0.2) is 28.5 Å². The van der Waals surface area contributed by atoms with Crippen LogP contribution in [0.25, 0.3) is 0 Å². The molecular weight excluding hydrogens is 372 g/mol. The van der Waals surface area contributed by atoms with E-state index in [-0.39, 0.29) is 18.4 Å². The van der Waals surface area contributed by atoms with Crippen LogP contribution in [0, 0.1) is 6.92 Å². The number of para-hydroxylation sites is 1. The lowest BCUT2D eigenvalue weighted by Crippen LogP contribution is -2.24. The Hall–Kier alpha value is -3.68. The highest BCUT2D eigenvalue weighted by Gasteiger charge is 2.13. The Balaban J connectivity index is 1.60. The zero-order valence-corrected chi connectivity index (χ0v) is 16.3. The predicted octanol–water partition coefficient (Wildman–Crippen LogP) is 2.64. The molecule has 1 heterocycles. The second-order valence-electron chi connectivity index (χ2n) is 6.25. The summed E-state index contributed by atoms with van der Waals surface area (Å²) in [5.41, 5.74) is 1.87. The van der Waals surface area contributed by atoms with E-state index in [1.54, 1.807) is 43.3 Å². The summed E-state index contributed by atoms with van der Waals surface area (Å²) in [6.45, 7) is 4.56. The molecule has 2 aromatic carbocycles. The molecule has 0 radical (unpaired) electrons. The molecule has 2 amide bonds. The van der Waals surface area contributed by atoms with E-state index < -0.39 is 0 Å². The van der Waals surface area contributed by atoms with Crippen molar-refractivity contribution in [1.29, 1.82) is 0 Å². The van der Waals surface area contributed by atoms with Gasteiger partial charge in [-0.2, -0.15) is 4.98 Å². The molecule has 1 aromatic heterocycles.